The summed E-state index contributed by atoms with van der Waals surface area (Å²) in [7, 11) is 0. The Bertz CT molecular complexity index is 367. The molecule has 0 spiro atoms. The third-order valence-corrected chi connectivity index (χ3v) is 3.29. The molecule has 5 nitrogen and oxygen atoms in total. The molecule has 104 valence electrons. The first-order valence-electron chi connectivity index (χ1n) is 6.39. The van der Waals surface area contributed by atoms with E-state index in [4.69, 9.17) is 22.2 Å². The van der Waals surface area contributed by atoms with Crippen LogP contribution in [0.4, 0.5) is 0 Å². The van der Waals surface area contributed by atoms with E-state index in [2.05, 4.69) is 17.4 Å². The maximum absolute atomic E-state index is 6.26. The highest BCUT2D eigenvalue weighted by Crippen LogP contribution is 2.21. The van der Waals surface area contributed by atoms with Crippen molar-refractivity contribution in [1.29, 1.82) is 0 Å². The molecule has 0 aromatic carbocycles. The molecule has 1 rings (SSSR count). The third kappa shape index (κ3) is 3.95. The van der Waals surface area contributed by atoms with E-state index in [0.717, 1.165) is 36.0 Å². The van der Waals surface area contributed by atoms with Gasteiger partial charge in [0.2, 0.25) is 0 Å². The lowest BCUT2D eigenvalue weighted by atomic mass is 10.1. The van der Waals surface area contributed by atoms with E-state index in [0.29, 0.717) is 13.0 Å². The highest BCUT2D eigenvalue weighted by Gasteiger charge is 2.17. The van der Waals surface area contributed by atoms with Crippen molar-refractivity contribution in [3.05, 3.63) is 16.4 Å². The highest BCUT2D eigenvalue weighted by atomic mass is 35.5. The van der Waals surface area contributed by atoms with E-state index in [1.807, 2.05) is 18.5 Å². The molecule has 0 aliphatic heterocycles. The molecule has 0 saturated carbocycles. The summed E-state index contributed by atoms with van der Waals surface area (Å²) in [6.07, 6.45) is 1.72. The van der Waals surface area contributed by atoms with Crippen molar-refractivity contribution in [1.82, 2.24) is 15.2 Å². The van der Waals surface area contributed by atoms with Gasteiger partial charge in [-0.15, -0.1) is 0 Å². The van der Waals surface area contributed by atoms with Crippen molar-refractivity contribution >= 4 is 11.6 Å². The molecule has 0 fully saturated rings. The van der Waals surface area contributed by atoms with Gasteiger partial charge < -0.3 is 4.74 Å². The van der Waals surface area contributed by atoms with Gasteiger partial charge in [-0.25, -0.2) is 0 Å². The van der Waals surface area contributed by atoms with Crippen molar-refractivity contribution in [2.24, 2.45) is 5.84 Å². The van der Waals surface area contributed by atoms with Gasteiger partial charge in [0.1, 0.15) is 0 Å². The molecule has 18 heavy (non-hydrogen) atoms. The number of hydrazine groups is 1. The summed E-state index contributed by atoms with van der Waals surface area (Å²) in [5, 5.41) is 5.12. The van der Waals surface area contributed by atoms with E-state index in [9.17, 15) is 0 Å². The number of aromatic nitrogens is 2. The molecule has 0 aliphatic carbocycles. The van der Waals surface area contributed by atoms with Crippen LogP contribution in [0.1, 0.15) is 31.7 Å². The first-order chi connectivity index (χ1) is 8.63. The monoisotopic (exact) mass is 274 g/mol. The number of nitrogens with two attached hydrogens (primary N) is 1. The Hall–Kier alpha value is -0.620. The largest absolute Gasteiger partial charge is 0.380 e. The predicted octanol–water partition coefficient (Wildman–Crippen LogP) is 1.67. The molecule has 1 aromatic heterocycles. The quantitative estimate of drug-likeness (QED) is 0.430. The molecule has 0 saturated heterocycles. The van der Waals surface area contributed by atoms with E-state index < -0.39 is 0 Å². The van der Waals surface area contributed by atoms with Crippen molar-refractivity contribution in [3.63, 3.8) is 0 Å². The predicted molar refractivity (Wildman–Crippen MR) is 73.6 cm³/mol. The Kier molecular flexibility index (Phi) is 6.63. The summed E-state index contributed by atoms with van der Waals surface area (Å²) in [6, 6.07) is 0.0513. The van der Waals surface area contributed by atoms with Crippen molar-refractivity contribution < 1.29 is 4.74 Å². The van der Waals surface area contributed by atoms with E-state index in [-0.39, 0.29) is 6.04 Å². The first kappa shape index (κ1) is 15.4. The molecule has 1 heterocycles. The van der Waals surface area contributed by atoms with E-state index in [1.165, 1.54) is 0 Å². The zero-order valence-electron chi connectivity index (χ0n) is 11.4. The number of halogens is 1. The minimum Gasteiger partial charge on any atom is -0.380 e. The fourth-order valence-electron chi connectivity index (χ4n) is 1.83. The molecule has 0 bridgehead atoms. The van der Waals surface area contributed by atoms with Crippen LogP contribution in [0.3, 0.4) is 0 Å². The van der Waals surface area contributed by atoms with Crippen molar-refractivity contribution in [2.45, 2.75) is 46.2 Å². The summed E-state index contributed by atoms with van der Waals surface area (Å²) >= 11 is 6.26. The molecule has 6 heteroatoms. The molecule has 1 unspecified atom stereocenters. The highest BCUT2D eigenvalue weighted by molar-refractivity contribution is 6.31. The second-order valence-electron chi connectivity index (χ2n) is 4.30. The first-order valence-corrected chi connectivity index (χ1v) is 6.77. The van der Waals surface area contributed by atoms with Gasteiger partial charge in [-0.2, -0.15) is 5.10 Å². The summed E-state index contributed by atoms with van der Waals surface area (Å²) in [4.78, 5) is 0. The van der Waals surface area contributed by atoms with Crippen LogP contribution in [0, 0.1) is 6.92 Å². The number of hydrogen-bond acceptors (Lipinski definition) is 4. The minimum absolute atomic E-state index is 0.0513. The van der Waals surface area contributed by atoms with Crippen LogP contribution < -0.4 is 11.3 Å². The number of ether oxygens (including phenoxy) is 1. The molecule has 0 radical (unpaired) electrons. The van der Waals surface area contributed by atoms with Crippen LogP contribution in [0.15, 0.2) is 0 Å². The third-order valence-electron chi connectivity index (χ3n) is 2.80. The number of nitrogens with one attached hydrogen (secondary N) is 1. The van der Waals surface area contributed by atoms with Gasteiger partial charge in [0.25, 0.3) is 0 Å². The second kappa shape index (κ2) is 7.74. The molecular weight excluding hydrogens is 252 g/mol. The number of nitrogens with zero attached hydrogens (tertiary/aromatic N) is 2. The van der Waals surface area contributed by atoms with Gasteiger partial charge in [0.15, 0.2) is 0 Å². The fraction of sp³-hybridized carbons (Fsp3) is 0.750. The van der Waals surface area contributed by atoms with Gasteiger partial charge in [-0.1, -0.05) is 18.5 Å². The number of aryl methyl sites for hydroxylation is 2. The van der Waals surface area contributed by atoms with Crippen LogP contribution in [0.5, 0.6) is 0 Å². The molecule has 0 aliphatic rings. The lowest BCUT2D eigenvalue weighted by Gasteiger charge is -2.16. The molecular formula is C12H23ClN4O. The molecule has 1 atom stereocenters. The van der Waals surface area contributed by atoms with Gasteiger partial charge in [-0.3, -0.25) is 16.0 Å². The van der Waals surface area contributed by atoms with Crippen LogP contribution in [0.25, 0.3) is 0 Å². The Balaban J connectivity index is 2.68. The number of hydrogen-bond donors (Lipinski definition) is 2. The topological polar surface area (TPSA) is 65.1 Å². The van der Waals surface area contributed by atoms with E-state index >= 15 is 0 Å². The van der Waals surface area contributed by atoms with Crippen molar-refractivity contribution in [3.8, 4) is 0 Å². The minimum atomic E-state index is 0.0513. The van der Waals surface area contributed by atoms with Gasteiger partial charge in [-0.05, 0) is 20.3 Å². The van der Waals surface area contributed by atoms with Gasteiger partial charge in [0.05, 0.1) is 23.0 Å². The van der Waals surface area contributed by atoms with Crippen LogP contribution >= 0.6 is 11.6 Å². The van der Waals surface area contributed by atoms with Crippen LogP contribution in [-0.2, 0) is 17.7 Å². The van der Waals surface area contributed by atoms with Gasteiger partial charge >= 0.3 is 0 Å². The molecule has 1 aromatic rings. The Morgan fingerprint density at radius 2 is 2.22 bits per heavy atom. The summed E-state index contributed by atoms with van der Waals surface area (Å²) in [5.41, 5.74) is 4.65. The smallest absolute Gasteiger partial charge is 0.0847 e. The zero-order valence-corrected chi connectivity index (χ0v) is 12.1. The number of rotatable bonds is 8. The Morgan fingerprint density at radius 3 is 2.78 bits per heavy atom. The average Bonchev–Trinajstić information content (AvgIpc) is 2.65. The standard InChI is InChI=1S/C12H23ClN4O/c1-4-6-18-8-10(15-14)7-11-12(13)9(3)16-17(11)5-2/h10,15H,4-8,14H2,1-3H3. The van der Waals surface area contributed by atoms with Crippen LogP contribution in [0.2, 0.25) is 5.02 Å². The Morgan fingerprint density at radius 1 is 1.50 bits per heavy atom. The summed E-state index contributed by atoms with van der Waals surface area (Å²) < 4.78 is 7.43. The lowest BCUT2D eigenvalue weighted by molar-refractivity contribution is 0.111. The SMILES string of the molecule is CCCOCC(Cc1c(Cl)c(C)nn1CC)NN. The Labute approximate surface area is 114 Å². The fourth-order valence-corrected chi connectivity index (χ4v) is 2.05. The maximum atomic E-state index is 6.26. The maximum Gasteiger partial charge on any atom is 0.0847 e. The van der Waals surface area contributed by atoms with Gasteiger partial charge in [0, 0.05) is 25.6 Å². The van der Waals surface area contributed by atoms with Crippen molar-refractivity contribution in [2.75, 3.05) is 13.2 Å². The summed E-state index contributed by atoms with van der Waals surface area (Å²) in [5.74, 6) is 5.55. The molecule has 3 N–H and O–H groups in total. The van der Waals surface area contributed by atoms with Crippen LogP contribution in [-0.4, -0.2) is 29.0 Å². The zero-order chi connectivity index (χ0) is 13.5. The molecule has 0 amide bonds. The summed E-state index contributed by atoms with van der Waals surface area (Å²) in [6.45, 7) is 8.17. The van der Waals surface area contributed by atoms with E-state index in [1.54, 1.807) is 0 Å². The normalized spacial score (nSPS) is 12.9. The lowest BCUT2D eigenvalue weighted by Crippen LogP contribution is -2.41. The second-order valence-corrected chi connectivity index (χ2v) is 4.68. The average molecular weight is 275 g/mol.